The number of anilines is 1. The lowest BCUT2D eigenvalue weighted by Gasteiger charge is -2.12. The van der Waals surface area contributed by atoms with Gasteiger partial charge in [-0.25, -0.2) is 4.98 Å². The zero-order valence-electron chi connectivity index (χ0n) is 9.77. The van der Waals surface area contributed by atoms with Crippen LogP contribution < -0.4 is 10.6 Å². The molecule has 1 fully saturated rings. The van der Waals surface area contributed by atoms with E-state index in [1.54, 1.807) is 19.2 Å². The lowest BCUT2D eigenvalue weighted by atomic mass is 10.2. The predicted octanol–water partition coefficient (Wildman–Crippen LogP) is 1.46. The molecule has 92 valence electrons. The highest BCUT2D eigenvalue weighted by molar-refractivity contribution is 5.59. The molecule has 0 amide bonds. The van der Waals surface area contributed by atoms with Crippen LogP contribution in [0.1, 0.15) is 18.4 Å². The molecule has 0 spiro atoms. The minimum atomic E-state index is -0.382. The first-order chi connectivity index (χ1) is 8.18. The Morgan fingerprint density at radius 3 is 3.18 bits per heavy atom. The first-order valence-electron chi connectivity index (χ1n) is 5.75. The van der Waals surface area contributed by atoms with Gasteiger partial charge < -0.3 is 10.6 Å². The van der Waals surface area contributed by atoms with Crippen LogP contribution in [0.25, 0.3) is 0 Å². The molecule has 1 unspecified atom stereocenters. The second-order valence-corrected chi connectivity index (χ2v) is 4.26. The highest BCUT2D eigenvalue weighted by atomic mass is 16.6. The summed E-state index contributed by atoms with van der Waals surface area (Å²) in [5.74, 6) is 0.365. The Balaban J connectivity index is 2.09. The van der Waals surface area contributed by atoms with Crippen LogP contribution in [0, 0.1) is 17.0 Å². The van der Waals surface area contributed by atoms with Gasteiger partial charge in [-0.1, -0.05) is 0 Å². The molecule has 6 heteroatoms. The summed E-state index contributed by atoms with van der Waals surface area (Å²) < 4.78 is 0. The monoisotopic (exact) mass is 236 g/mol. The summed E-state index contributed by atoms with van der Waals surface area (Å²) in [5.41, 5.74) is 0.706. The first kappa shape index (κ1) is 11.8. The average molecular weight is 236 g/mol. The molecule has 1 aliphatic rings. The Kier molecular flexibility index (Phi) is 3.53. The van der Waals surface area contributed by atoms with E-state index in [0.29, 0.717) is 24.0 Å². The normalized spacial score (nSPS) is 19.2. The highest BCUT2D eigenvalue weighted by Crippen LogP contribution is 2.25. The highest BCUT2D eigenvalue weighted by Gasteiger charge is 2.20. The van der Waals surface area contributed by atoms with Crippen molar-refractivity contribution in [3.63, 3.8) is 0 Å². The number of rotatable bonds is 4. The molecule has 2 heterocycles. The maximum atomic E-state index is 10.9. The summed E-state index contributed by atoms with van der Waals surface area (Å²) in [7, 11) is 0. The fraction of sp³-hybridized carbons (Fsp3) is 0.545. The number of nitro groups is 1. The quantitative estimate of drug-likeness (QED) is 0.611. The van der Waals surface area contributed by atoms with E-state index in [1.165, 1.54) is 0 Å². The third-order valence-electron chi connectivity index (χ3n) is 2.99. The third-order valence-corrected chi connectivity index (χ3v) is 2.99. The Morgan fingerprint density at radius 2 is 2.53 bits per heavy atom. The van der Waals surface area contributed by atoms with Gasteiger partial charge in [0.1, 0.15) is 0 Å². The van der Waals surface area contributed by atoms with Crippen molar-refractivity contribution in [2.75, 3.05) is 18.4 Å². The zero-order chi connectivity index (χ0) is 12.3. The summed E-state index contributed by atoms with van der Waals surface area (Å²) >= 11 is 0. The van der Waals surface area contributed by atoms with E-state index in [1.807, 2.05) is 0 Å². The molecule has 2 rings (SSSR count). The minimum Gasteiger partial charge on any atom is -0.363 e. The first-order valence-corrected chi connectivity index (χ1v) is 5.75. The van der Waals surface area contributed by atoms with Gasteiger partial charge in [0.2, 0.25) is 5.82 Å². The molecule has 0 aromatic carbocycles. The molecule has 1 aliphatic heterocycles. The van der Waals surface area contributed by atoms with Crippen molar-refractivity contribution in [1.82, 2.24) is 10.3 Å². The summed E-state index contributed by atoms with van der Waals surface area (Å²) in [4.78, 5) is 14.6. The molecule has 0 saturated carbocycles. The van der Waals surface area contributed by atoms with E-state index in [2.05, 4.69) is 15.6 Å². The molecule has 0 bridgehead atoms. The number of pyridine rings is 1. The molecular formula is C11H16N4O2. The van der Waals surface area contributed by atoms with Gasteiger partial charge in [-0.3, -0.25) is 10.1 Å². The zero-order valence-corrected chi connectivity index (χ0v) is 9.77. The van der Waals surface area contributed by atoms with Gasteiger partial charge in [0, 0.05) is 24.3 Å². The molecule has 1 atom stereocenters. The van der Waals surface area contributed by atoms with Crippen LogP contribution in [0.4, 0.5) is 11.5 Å². The van der Waals surface area contributed by atoms with Crippen LogP contribution >= 0.6 is 0 Å². The number of nitrogens with one attached hydrogen (secondary N) is 2. The lowest BCUT2D eigenvalue weighted by Crippen LogP contribution is -2.29. The Bertz CT molecular complexity index is 416. The van der Waals surface area contributed by atoms with Crippen LogP contribution in [0.3, 0.4) is 0 Å². The fourth-order valence-electron chi connectivity index (χ4n) is 2.06. The Morgan fingerprint density at radius 1 is 1.71 bits per heavy atom. The van der Waals surface area contributed by atoms with Crippen molar-refractivity contribution >= 4 is 11.5 Å². The van der Waals surface area contributed by atoms with Gasteiger partial charge in [-0.2, -0.15) is 0 Å². The average Bonchev–Trinajstić information content (AvgIpc) is 2.78. The maximum absolute atomic E-state index is 10.9. The van der Waals surface area contributed by atoms with E-state index >= 15 is 0 Å². The van der Waals surface area contributed by atoms with Crippen molar-refractivity contribution in [2.24, 2.45) is 0 Å². The van der Waals surface area contributed by atoms with E-state index in [4.69, 9.17) is 0 Å². The second kappa shape index (κ2) is 5.09. The van der Waals surface area contributed by atoms with E-state index in [9.17, 15) is 10.1 Å². The third kappa shape index (κ3) is 2.71. The van der Waals surface area contributed by atoms with Crippen LogP contribution in [0.15, 0.2) is 12.3 Å². The lowest BCUT2D eigenvalue weighted by molar-refractivity contribution is -0.384. The number of nitrogens with zero attached hydrogens (tertiary/aromatic N) is 2. The summed E-state index contributed by atoms with van der Waals surface area (Å²) in [6.07, 6.45) is 3.86. The van der Waals surface area contributed by atoms with Crippen LogP contribution in [0.2, 0.25) is 0 Å². The summed E-state index contributed by atoms with van der Waals surface area (Å²) in [5, 5.41) is 17.3. The smallest absolute Gasteiger partial charge is 0.314 e. The second-order valence-electron chi connectivity index (χ2n) is 4.26. The Hall–Kier alpha value is -1.69. The van der Waals surface area contributed by atoms with Crippen LogP contribution in [-0.4, -0.2) is 29.0 Å². The van der Waals surface area contributed by atoms with Crippen molar-refractivity contribution in [1.29, 1.82) is 0 Å². The molecule has 17 heavy (non-hydrogen) atoms. The molecular weight excluding hydrogens is 220 g/mol. The standard InChI is InChI=1S/C11H16N4O2/c1-8-4-6-13-11(10(8)15(16)17)14-7-9-3-2-5-12-9/h4,6,9,12H,2-3,5,7H2,1H3,(H,13,14). The molecule has 6 nitrogen and oxygen atoms in total. The summed E-state index contributed by atoms with van der Waals surface area (Å²) in [6, 6.07) is 2.04. The van der Waals surface area contributed by atoms with Gasteiger partial charge >= 0.3 is 5.69 Å². The van der Waals surface area contributed by atoms with Crippen molar-refractivity contribution in [2.45, 2.75) is 25.8 Å². The molecule has 1 aromatic rings. The summed E-state index contributed by atoms with van der Waals surface area (Å²) in [6.45, 7) is 3.42. The van der Waals surface area contributed by atoms with E-state index in [-0.39, 0.29) is 10.6 Å². The van der Waals surface area contributed by atoms with Crippen molar-refractivity contribution in [3.05, 3.63) is 27.9 Å². The van der Waals surface area contributed by atoms with Crippen LogP contribution in [0.5, 0.6) is 0 Å². The van der Waals surface area contributed by atoms with Crippen molar-refractivity contribution in [3.8, 4) is 0 Å². The van der Waals surface area contributed by atoms with Crippen molar-refractivity contribution < 1.29 is 4.92 Å². The topological polar surface area (TPSA) is 80.1 Å². The molecule has 1 saturated heterocycles. The van der Waals surface area contributed by atoms with Crippen LogP contribution in [-0.2, 0) is 0 Å². The van der Waals surface area contributed by atoms with Gasteiger partial charge in [-0.15, -0.1) is 0 Å². The number of aromatic nitrogens is 1. The molecule has 1 aromatic heterocycles. The van der Waals surface area contributed by atoms with Gasteiger partial charge in [-0.05, 0) is 32.4 Å². The fourth-order valence-corrected chi connectivity index (χ4v) is 2.06. The minimum absolute atomic E-state index is 0.0745. The van der Waals surface area contributed by atoms with Gasteiger partial charge in [0.25, 0.3) is 0 Å². The Labute approximate surface area is 99.6 Å². The number of hydrogen-bond acceptors (Lipinski definition) is 5. The molecule has 2 N–H and O–H groups in total. The number of hydrogen-bond donors (Lipinski definition) is 2. The maximum Gasteiger partial charge on any atom is 0.314 e. The van der Waals surface area contributed by atoms with E-state index < -0.39 is 0 Å². The van der Waals surface area contributed by atoms with Gasteiger partial charge in [0.05, 0.1) is 4.92 Å². The molecule has 0 radical (unpaired) electrons. The SMILES string of the molecule is Cc1ccnc(NCC2CCCN2)c1[N+](=O)[O-]. The number of aryl methyl sites for hydroxylation is 1. The largest absolute Gasteiger partial charge is 0.363 e. The molecule has 0 aliphatic carbocycles. The van der Waals surface area contributed by atoms with Gasteiger partial charge in [0.15, 0.2) is 0 Å². The predicted molar refractivity (Wildman–Crippen MR) is 65.1 cm³/mol. The van der Waals surface area contributed by atoms with E-state index in [0.717, 1.165) is 19.4 Å².